The molecule has 7 nitrogen and oxygen atoms in total. The average molecular weight is 514 g/mol. The summed E-state index contributed by atoms with van der Waals surface area (Å²) in [5.74, 6) is 0.708. The molecule has 0 aliphatic carbocycles. The van der Waals surface area contributed by atoms with Gasteiger partial charge < -0.3 is 14.6 Å². The van der Waals surface area contributed by atoms with Gasteiger partial charge >= 0.3 is 0 Å². The minimum atomic E-state index is -1.26. The molecular formula is C25H28BrN3O4. The lowest BCUT2D eigenvalue weighted by Crippen LogP contribution is -2.52. The zero-order chi connectivity index (χ0) is 23.7. The van der Waals surface area contributed by atoms with Crippen LogP contribution < -0.4 is 15.6 Å². The van der Waals surface area contributed by atoms with E-state index in [1.165, 1.54) is 0 Å². The van der Waals surface area contributed by atoms with Crippen LogP contribution in [0.1, 0.15) is 30.1 Å². The Labute approximate surface area is 202 Å². The van der Waals surface area contributed by atoms with Crippen LogP contribution in [0.5, 0.6) is 5.75 Å². The number of hydrazine groups is 1. The van der Waals surface area contributed by atoms with Crippen molar-refractivity contribution in [2.45, 2.75) is 24.5 Å². The Morgan fingerprint density at radius 1 is 1.21 bits per heavy atom. The van der Waals surface area contributed by atoms with Gasteiger partial charge in [0.1, 0.15) is 5.75 Å². The fourth-order valence-electron chi connectivity index (χ4n) is 3.51. The number of hydrogen-bond acceptors (Lipinski definition) is 6. The van der Waals surface area contributed by atoms with Crippen molar-refractivity contribution < 1.29 is 19.4 Å². The lowest BCUT2D eigenvalue weighted by molar-refractivity contribution is -0.129. The van der Waals surface area contributed by atoms with Gasteiger partial charge in [-0.3, -0.25) is 10.2 Å². The summed E-state index contributed by atoms with van der Waals surface area (Å²) in [5, 5.41) is 8.91. The number of halogens is 1. The number of aliphatic hydroxyl groups is 1. The maximum atomic E-state index is 13.4. The predicted octanol–water partition coefficient (Wildman–Crippen LogP) is 3.85. The third kappa shape index (κ3) is 5.71. The van der Waals surface area contributed by atoms with Crippen molar-refractivity contribution in [1.29, 1.82) is 0 Å². The second-order valence-corrected chi connectivity index (χ2v) is 8.28. The standard InChI is InChI=1S/C25H28BrN3O4/c1-3-14-25(24(31)29-27-15-4-2)22(20-8-5-6-9-21(20)26)33-23(28-25)18-10-12-19(13-11-18)32-17-7-16-30/h3-6,8-13,22,27,30H,1-2,7,14-17H2,(H,29,31)/t22-,25-/m0/s1. The topological polar surface area (TPSA) is 92.2 Å². The van der Waals surface area contributed by atoms with Crippen molar-refractivity contribution in [2.75, 3.05) is 19.8 Å². The Hall–Kier alpha value is -2.94. The van der Waals surface area contributed by atoms with Gasteiger partial charge in [-0.05, 0) is 30.3 Å². The first-order valence-corrected chi connectivity index (χ1v) is 11.4. The van der Waals surface area contributed by atoms with Crippen molar-refractivity contribution in [3.05, 3.63) is 89.4 Å². The number of amides is 1. The molecule has 0 saturated heterocycles. The molecule has 0 radical (unpaired) electrons. The van der Waals surface area contributed by atoms with Gasteiger partial charge in [-0.2, -0.15) is 0 Å². The number of aliphatic hydroxyl groups excluding tert-OH is 1. The summed E-state index contributed by atoms with van der Waals surface area (Å²) in [5.41, 5.74) is 5.84. The van der Waals surface area contributed by atoms with Gasteiger partial charge in [-0.25, -0.2) is 10.4 Å². The minimum Gasteiger partial charge on any atom is -0.494 e. The van der Waals surface area contributed by atoms with Crippen molar-refractivity contribution in [3.63, 3.8) is 0 Å². The van der Waals surface area contributed by atoms with Crippen LogP contribution in [-0.2, 0) is 9.53 Å². The fourth-order valence-corrected chi connectivity index (χ4v) is 4.00. The van der Waals surface area contributed by atoms with Gasteiger partial charge in [0.05, 0.1) is 6.61 Å². The van der Waals surface area contributed by atoms with Crippen LogP contribution in [0.4, 0.5) is 0 Å². The number of ether oxygens (including phenoxy) is 2. The van der Waals surface area contributed by atoms with E-state index < -0.39 is 11.6 Å². The van der Waals surface area contributed by atoms with Gasteiger partial charge in [0.25, 0.3) is 5.91 Å². The molecule has 0 spiro atoms. The maximum Gasteiger partial charge on any atom is 0.266 e. The first-order valence-electron chi connectivity index (χ1n) is 10.7. The van der Waals surface area contributed by atoms with Crippen molar-refractivity contribution in [1.82, 2.24) is 10.9 Å². The SMILES string of the molecule is C=CCNNC(=O)[C@@]1(CC=C)N=C(c2ccc(OCCCO)cc2)O[C@H]1c1ccccc1Br. The molecular weight excluding hydrogens is 486 g/mol. The van der Waals surface area contributed by atoms with E-state index in [2.05, 4.69) is 39.9 Å². The Balaban J connectivity index is 1.97. The molecule has 33 heavy (non-hydrogen) atoms. The molecule has 0 aromatic heterocycles. The number of aliphatic imine (C=N–C) groups is 1. The first kappa shape index (κ1) is 24.7. The van der Waals surface area contributed by atoms with E-state index in [1.807, 2.05) is 48.5 Å². The summed E-state index contributed by atoms with van der Waals surface area (Å²) in [6, 6.07) is 14.9. The Bertz CT molecular complexity index is 1010. The lowest BCUT2D eigenvalue weighted by atomic mass is 9.84. The molecule has 8 heteroatoms. The molecule has 0 bridgehead atoms. The Kier molecular flexibility index (Phi) is 8.82. The molecule has 2 aromatic rings. The normalized spacial score (nSPS) is 19.3. The molecule has 1 heterocycles. The van der Waals surface area contributed by atoms with E-state index in [9.17, 15) is 4.79 Å². The molecule has 1 aliphatic rings. The molecule has 0 fully saturated rings. The summed E-state index contributed by atoms with van der Waals surface area (Å²) in [6.45, 7) is 8.42. The summed E-state index contributed by atoms with van der Waals surface area (Å²) in [7, 11) is 0. The van der Waals surface area contributed by atoms with E-state index in [1.54, 1.807) is 12.2 Å². The van der Waals surface area contributed by atoms with Crippen molar-refractivity contribution in [2.24, 2.45) is 4.99 Å². The Morgan fingerprint density at radius 3 is 2.64 bits per heavy atom. The smallest absolute Gasteiger partial charge is 0.266 e. The van der Waals surface area contributed by atoms with Crippen LogP contribution in [0.25, 0.3) is 0 Å². The molecule has 0 saturated carbocycles. The highest BCUT2D eigenvalue weighted by Crippen LogP contribution is 2.44. The molecule has 0 unspecified atom stereocenters. The largest absolute Gasteiger partial charge is 0.494 e. The molecule has 1 amide bonds. The van der Waals surface area contributed by atoms with Crippen molar-refractivity contribution >= 4 is 27.7 Å². The summed E-state index contributed by atoms with van der Waals surface area (Å²) in [4.78, 5) is 18.2. The molecule has 1 aliphatic heterocycles. The molecule has 2 aromatic carbocycles. The quantitative estimate of drug-likeness (QED) is 0.227. The van der Waals surface area contributed by atoms with Gasteiger partial charge in [-0.1, -0.05) is 46.3 Å². The highest BCUT2D eigenvalue weighted by Gasteiger charge is 2.53. The third-order valence-electron chi connectivity index (χ3n) is 5.12. The fraction of sp³-hybridized carbons (Fsp3) is 0.280. The third-order valence-corrected chi connectivity index (χ3v) is 5.84. The van der Waals surface area contributed by atoms with Crippen LogP contribution in [0, 0.1) is 0 Å². The second-order valence-electron chi connectivity index (χ2n) is 7.43. The molecule has 3 N–H and O–H groups in total. The molecule has 2 atom stereocenters. The molecule has 174 valence electrons. The summed E-state index contributed by atoms with van der Waals surface area (Å²) < 4.78 is 12.8. The van der Waals surface area contributed by atoms with E-state index in [0.29, 0.717) is 31.2 Å². The zero-order valence-electron chi connectivity index (χ0n) is 18.3. The van der Waals surface area contributed by atoms with Gasteiger partial charge in [0.15, 0.2) is 11.6 Å². The number of carbonyl (C=O) groups is 1. The van der Waals surface area contributed by atoms with E-state index >= 15 is 0 Å². The molecule has 3 rings (SSSR count). The van der Waals surface area contributed by atoms with E-state index in [0.717, 1.165) is 15.6 Å². The van der Waals surface area contributed by atoms with Crippen molar-refractivity contribution in [3.8, 4) is 5.75 Å². The van der Waals surface area contributed by atoms with Crippen LogP contribution in [-0.4, -0.2) is 42.2 Å². The highest BCUT2D eigenvalue weighted by atomic mass is 79.9. The number of benzene rings is 2. The van der Waals surface area contributed by atoms with Crippen LogP contribution in [0.2, 0.25) is 0 Å². The van der Waals surface area contributed by atoms with E-state index in [-0.39, 0.29) is 18.9 Å². The number of rotatable bonds is 12. The maximum absolute atomic E-state index is 13.4. The van der Waals surface area contributed by atoms with Crippen LogP contribution in [0.3, 0.4) is 0 Å². The number of carbonyl (C=O) groups excluding carboxylic acids is 1. The van der Waals surface area contributed by atoms with Crippen LogP contribution in [0.15, 0.2) is 83.3 Å². The zero-order valence-corrected chi connectivity index (χ0v) is 19.9. The van der Waals surface area contributed by atoms with Gasteiger partial charge in [0.2, 0.25) is 5.90 Å². The summed E-state index contributed by atoms with van der Waals surface area (Å²) >= 11 is 3.59. The Morgan fingerprint density at radius 2 is 1.97 bits per heavy atom. The second kappa shape index (κ2) is 11.8. The van der Waals surface area contributed by atoms with E-state index in [4.69, 9.17) is 19.6 Å². The van der Waals surface area contributed by atoms with Gasteiger partial charge in [-0.15, -0.1) is 13.2 Å². The number of hydrogen-bond donors (Lipinski definition) is 3. The highest BCUT2D eigenvalue weighted by molar-refractivity contribution is 9.10. The average Bonchev–Trinajstić information content (AvgIpc) is 3.21. The number of nitrogens with zero attached hydrogens (tertiary/aromatic N) is 1. The number of nitrogens with one attached hydrogen (secondary N) is 2. The monoisotopic (exact) mass is 513 g/mol. The first-order chi connectivity index (χ1) is 16.1. The minimum absolute atomic E-state index is 0.0776. The lowest BCUT2D eigenvalue weighted by Gasteiger charge is -2.30. The van der Waals surface area contributed by atoms with Gasteiger partial charge in [0, 0.05) is 41.6 Å². The predicted molar refractivity (Wildman–Crippen MR) is 132 cm³/mol. The van der Waals surface area contributed by atoms with Crippen LogP contribution >= 0.6 is 15.9 Å². The summed E-state index contributed by atoms with van der Waals surface area (Å²) in [6.07, 6.45) is 3.48.